The molecule has 72 valence electrons. The van der Waals surface area contributed by atoms with Gasteiger partial charge in [-0.15, -0.1) is 0 Å². The van der Waals surface area contributed by atoms with Gasteiger partial charge in [0.15, 0.2) is 0 Å². The summed E-state index contributed by atoms with van der Waals surface area (Å²) in [5.41, 5.74) is -1.67. The van der Waals surface area contributed by atoms with Gasteiger partial charge in [-0.3, -0.25) is 9.59 Å². The SMILES string of the molecule is C[C@]12CCC(=O)C[C@@]1(O)CCC2=O. The summed E-state index contributed by atoms with van der Waals surface area (Å²) in [6.45, 7) is 1.80. The fraction of sp³-hybridized carbons (Fsp3) is 0.800. The largest absolute Gasteiger partial charge is 0.388 e. The molecule has 2 rings (SSSR count). The number of hydrogen-bond donors (Lipinski definition) is 1. The summed E-state index contributed by atoms with van der Waals surface area (Å²) in [6, 6.07) is 0. The summed E-state index contributed by atoms with van der Waals surface area (Å²) in [4.78, 5) is 22.8. The molecule has 2 saturated carbocycles. The molecule has 0 heterocycles. The summed E-state index contributed by atoms with van der Waals surface area (Å²) in [5, 5.41) is 10.2. The molecule has 0 bridgehead atoms. The Morgan fingerprint density at radius 3 is 2.62 bits per heavy atom. The zero-order valence-electron chi connectivity index (χ0n) is 7.80. The highest BCUT2D eigenvalue weighted by atomic mass is 16.3. The van der Waals surface area contributed by atoms with Crippen LogP contribution in [0.3, 0.4) is 0 Å². The van der Waals surface area contributed by atoms with E-state index in [1.807, 2.05) is 0 Å². The van der Waals surface area contributed by atoms with Gasteiger partial charge in [0, 0.05) is 19.3 Å². The van der Waals surface area contributed by atoms with E-state index in [1.165, 1.54) is 0 Å². The third-order valence-corrected chi connectivity index (χ3v) is 3.80. The Morgan fingerprint density at radius 2 is 1.92 bits per heavy atom. The van der Waals surface area contributed by atoms with Gasteiger partial charge in [-0.1, -0.05) is 0 Å². The van der Waals surface area contributed by atoms with Crippen LogP contribution >= 0.6 is 0 Å². The number of hydrogen-bond acceptors (Lipinski definition) is 3. The lowest BCUT2D eigenvalue weighted by Crippen LogP contribution is -2.50. The van der Waals surface area contributed by atoms with Crippen molar-refractivity contribution in [3.8, 4) is 0 Å². The maximum atomic E-state index is 11.6. The third kappa shape index (κ3) is 0.998. The van der Waals surface area contributed by atoms with Gasteiger partial charge < -0.3 is 5.11 Å². The van der Waals surface area contributed by atoms with Crippen molar-refractivity contribution in [1.29, 1.82) is 0 Å². The molecule has 13 heavy (non-hydrogen) atoms. The number of carbonyl (C=O) groups is 2. The van der Waals surface area contributed by atoms with E-state index >= 15 is 0 Å². The quantitative estimate of drug-likeness (QED) is 0.604. The van der Waals surface area contributed by atoms with E-state index in [4.69, 9.17) is 0 Å². The van der Waals surface area contributed by atoms with Crippen LogP contribution in [0.5, 0.6) is 0 Å². The zero-order chi connectivity index (χ0) is 9.69. The Balaban J connectivity index is 2.37. The van der Waals surface area contributed by atoms with Crippen molar-refractivity contribution >= 4 is 11.6 Å². The average molecular weight is 182 g/mol. The highest BCUT2D eigenvalue weighted by Gasteiger charge is 2.58. The van der Waals surface area contributed by atoms with Crippen LogP contribution in [-0.2, 0) is 9.59 Å². The van der Waals surface area contributed by atoms with Gasteiger partial charge in [0.2, 0.25) is 0 Å². The number of carbonyl (C=O) groups excluding carboxylic acids is 2. The van der Waals surface area contributed by atoms with E-state index in [0.29, 0.717) is 25.7 Å². The molecule has 0 spiro atoms. The molecular weight excluding hydrogens is 168 g/mol. The van der Waals surface area contributed by atoms with Crippen molar-refractivity contribution in [2.75, 3.05) is 0 Å². The number of fused-ring (bicyclic) bond motifs is 1. The molecule has 0 saturated heterocycles. The van der Waals surface area contributed by atoms with E-state index in [0.717, 1.165) is 0 Å². The van der Waals surface area contributed by atoms with Crippen LogP contribution in [0.25, 0.3) is 0 Å². The third-order valence-electron chi connectivity index (χ3n) is 3.80. The molecule has 0 aliphatic heterocycles. The smallest absolute Gasteiger partial charge is 0.141 e. The monoisotopic (exact) mass is 182 g/mol. The van der Waals surface area contributed by atoms with Gasteiger partial charge in [0.05, 0.1) is 11.0 Å². The molecule has 3 nitrogen and oxygen atoms in total. The van der Waals surface area contributed by atoms with Crippen LogP contribution in [0.2, 0.25) is 0 Å². The molecule has 2 aliphatic rings. The van der Waals surface area contributed by atoms with Crippen molar-refractivity contribution in [2.45, 2.75) is 44.6 Å². The van der Waals surface area contributed by atoms with Gasteiger partial charge in [-0.05, 0) is 19.8 Å². The summed E-state index contributed by atoms with van der Waals surface area (Å²) >= 11 is 0. The number of aliphatic hydroxyl groups is 1. The standard InChI is InChI=1S/C10H14O3/c1-9-4-2-7(11)6-10(9,13)5-3-8(9)12/h13H,2-6H2,1H3/t9-,10+/m1/s1. The van der Waals surface area contributed by atoms with Gasteiger partial charge in [0.25, 0.3) is 0 Å². The number of Topliss-reactive ketones (excluding diaryl/α,β-unsaturated/α-hetero) is 2. The normalized spacial score (nSPS) is 45.1. The second-order valence-corrected chi connectivity index (χ2v) is 4.50. The maximum Gasteiger partial charge on any atom is 0.141 e. The van der Waals surface area contributed by atoms with Gasteiger partial charge >= 0.3 is 0 Å². The molecule has 0 unspecified atom stereocenters. The van der Waals surface area contributed by atoms with Crippen LogP contribution in [0, 0.1) is 5.41 Å². The minimum atomic E-state index is -1.03. The Morgan fingerprint density at radius 1 is 1.23 bits per heavy atom. The summed E-state index contributed by atoms with van der Waals surface area (Å²) in [7, 11) is 0. The first-order valence-electron chi connectivity index (χ1n) is 4.75. The highest BCUT2D eigenvalue weighted by Crippen LogP contribution is 2.51. The average Bonchev–Trinajstić information content (AvgIpc) is 2.28. The summed E-state index contributed by atoms with van der Waals surface area (Å²) in [5.74, 6) is 0.220. The predicted molar refractivity (Wildman–Crippen MR) is 46.2 cm³/mol. The Kier molecular flexibility index (Phi) is 1.65. The molecule has 0 amide bonds. The van der Waals surface area contributed by atoms with Crippen molar-refractivity contribution in [1.82, 2.24) is 0 Å². The van der Waals surface area contributed by atoms with Crippen LogP contribution < -0.4 is 0 Å². The van der Waals surface area contributed by atoms with Crippen molar-refractivity contribution in [3.63, 3.8) is 0 Å². The fourth-order valence-corrected chi connectivity index (χ4v) is 2.59. The molecule has 0 radical (unpaired) electrons. The molecule has 0 aromatic carbocycles. The van der Waals surface area contributed by atoms with Crippen molar-refractivity contribution in [3.05, 3.63) is 0 Å². The molecule has 0 aromatic heterocycles. The Bertz CT molecular complexity index is 284. The highest BCUT2D eigenvalue weighted by molar-refractivity contribution is 5.93. The Hall–Kier alpha value is -0.700. The molecule has 2 atom stereocenters. The summed E-state index contributed by atoms with van der Waals surface area (Å²) in [6.07, 6.45) is 2.05. The van der Waals surface area contributed by atoms with E-state index in [-0.39, 0.29) is 18.0 Å². The molecule has 0 aromatic rings. The second kappa shape index (κ2) is 2.41. The lowest BCUT2D eigenvalue weighted by molar-refractivity contribution is -0.148. The Labute approximate surface area is 77.1 Å². The van der Waals surface area contributed by atoms with E-state index < -0.39 is 11.0 Å². The molecular formula is C10H14O3. The van der Waals surface area contributed by atoms with Crippen LogP contribution in [-0.4, -0.2) is 22.3 Å². The van der Waals surface area contributed by atoms with E-state index in [1.54, 1.807) is 6.92 Å². The van der Waals surface area contributed by atoms with Crippen molar-refractivity contribution in [2.24, 2.45) is 5.41 Å². The topological polar surface area (TPSA) is 54.4 Å². The first-order chi connectivity index (χ1) is 5.98. The summed E-state index contributed by atoms with van der Waals surface area (Å²) < 4.78 is 0. The van der Waals surface area contributed by atoms with E-state index in [2.05, 4.69) is 0 Å². The second-order valence-electron chi connectivity index (χ2n) is 4.50. The fourth-order valence-electron chi connectivity index (χ4n) is 2.59. The number of ketones is 2. The minimum Gasteiger partial charge on any atom is -0.388 e. The maximum absolute atomic E-state index is 11.6. The van der Waals surface area contributed by atoms with E-state index in [9.17, 15) is 14.7 Å². The zero-order valence-corrected chi connectivity index (χ0v) is 7.80. The van der Waals surface area contributed by atoms with Gasteiger partial charge in [0.1, 0.15) is 11.6 Å². The molecule has 2 fully saturated rings. The molecule has 3 heteroatoms. The van der Waals surface area contributed by atoms with Crippen LogP contribution in [0.1, 0.15) is 39.0 Å². The lowest BCUT2D eigenvalue weighted by Gasteiger charge is -2.41. The molecule has 2 aliphatic carbocycles. The van der Waals surface area contributed by atoms with Gasteiger partial charge in [-0.2, -0.15) is 0 Å². The minimum absolute atomic E-state index is 0.0923. The van der Waals surface area contributed by atoms with Crippen molar-refractivity contribution < 1.29 is 14.7 Å². The number of rotatable bonds is 0. The molecule has 1 N–H and O–H groups in total. The first kappa shape index (κ1) is 8.88. The van der Waals surface area contributed by atoms with Crippen LogP contribution in [0.15, 0.2) is 0 Å². The lowest BCUT2D eigenvalue weighted by atomic mass is 9.65. The van der Waals surface area contributed by atoms with Crippen LogP contribution in [0.4, 0.5) is 0 Å². The van der Waals surface area contributed by atoms with Gasteiger partial charge in [-0.25, -0.2) is 0 Å². The predicted octanol–water partition coefficient (Wildman–Crippen LogP) is 0.840. The first-order valence-corrected chi connectivity index (χ1v) is 4.75.